The summed E-state index contributed by atoms with van der Waals surface area (Å²) in [5, 5.41) is 4.15. The van der Waals surface area contributed by atoms with Crippen LogP contribution in [0.3, 0.4) is 0 Å². The summed E-state index contributed by atoms with van der Waals surface area (Å²) >= 11 is 0. The molecule has 0 spiro atoms. The van der Waals surface area contributed by atoms with E-state index in [-0.39, 0.29) is 12.1 Å². The Bertz CT molecular complexity index is 1660. The monoisotopic (exact) mass is 578 g/mol. The number of anilines is 4. The van der Waals surface area contributed by atoms with Gasteiger partial charge in [-0.1, -0.05) is 18.2 Å². The van der Waals surface area contributed by atoms with E-state index in [9.17, 15) is 13.2 Å². The molecule has 0 bridgehead atoms. The molecule has 0 unspecified atom stereocenters. The number of carbonyl (C=O) groups is 1. The molecule has 216 valence electrons. The molecule has 5 rings (SSSR count). The van der Waals surface area contributed by atoms with E-state index >= 15 is 0 Å². The topological polar surface area (TPSA) is 119 Å². The van der Waals surface area contributed by atoms with Crippen molar-refractivity contribution in [3.05, 3.63) is 66.5 Å². The van der Waals surface area contributed by atoms with E-state index in [1.165, 1.54) is 17.5 Å². The van der Waals surface area contributed by atoms with E-state index in [0.29, 0.717) is 29.6 Å². The lowest BCUT2D eigenvalue weighted by Crippen LogP contribution is -2.37. The zero-order valence-electron chi connectivity index (χ0n) is 23.6. The summed E-state index contributed by atoms with van der Waals surface area (Å²) in [5.74, 6) is 0.825. The van der Waals surface area contributed by atoms with Crippen LogP contribution in [0.4, 0.5) is 23.0 Å². The fourth-order valence-electron chi connectivity index (χ4n) is 5.04. The maximum atomic E-state index is 12.2. The molecule has 12 heteroatoms. The fourth-order valence-corrected chi connectivity index (χ4v) is 5.57. The minimum absolute atomic E-state index is 0.0355. The van der Waals surface area contributed by atoms with Crippen LogP contribution in [0.5, 0.6) is 5.75 Å². The average Bonchev–Trinajstić information content (AvgIpc) is 3.34. The highest BCUT2D eigenvalue weighted by molar-refractivity contribution is 7.92. The third kappa shape index (κ3) is 6.37. The third-order valence-corrected chi connectivity index (χ3v) is 8.43. The molecular weight excluding hydrogens is 544 g/mol. The smallest absolute Gasteiger partial charge is 0.302 e. The van der Waals surface area contributed by atoms with Gasteiger partial charge in [0, 0.05) is 69.4 Å². The summed E-state index contributed by atoms with van der Waals surface area (Å²) in [4.78, 5) is 22.8. The van der Waals surface area contributed by atoms with E-state index < -0.39 is 10.0 Å². The lowest BCUT2D eigenvalue weighted by Gasteiger charge is -2.33. The van der Waals surface area contributed by atoms with Crippen molar-refractivity contribution in [3.8, 4) is 5.75 Å². The molecule has 41 heavy (non-hydrogen) atoms. The van der Waals surface area contributed by atoms with Crippen LogP contribution in [0.1, 0.15) is 25.3 Å². The standard InChI is InChI=1S/C29H34N6O5S/c1-20(36)40-24-12-15-34(16-13-24)23-9-10-25(27(17-23)39-3)31-29-30-18-21-11-14-35(28(21)32-29)19-22-7-5-6-8-26(22)33(2)41(4,37)38/h5-11,14,17-18,24H,12-13,15-16,19H2,1-4H3,(H,30,31,32). The Hall–Kier alpha value is -4.32. The number of sulfonamides is 1. The van der Waals surface area contributed by atoms with Gasteiger partial charge in [0.15, 0.2) is 0 Å². The number of aromatic nitrogens is 3. The number of benzene rings is 2. The quantitative estimate of drug-likeness (QED) is 0.292. The van der Waals surface area contributed by atoms with Crippen molar-refractivity contribution in [2.45, 2.75) is 32.4 Å². The number of fused-ring (bicyclic) bond motifs is 1. The number of nitrogens with zero attached hydrogens (tertiary/aromatic N) is 5. The first-order chi connectivity index (χ1) is 19.6. The van der Waals surface area contributed by atoms with Gasteiger partial charge >= 0.3 is 5.97 Å². The SMILES string of the molecule is COc1cc(N2CCC(OC(C)=O)CC2)ccc1Nc1ncc2ccn(Cc3ccccc3N(C)S(C)(=O)=O)c2n1. The van der Waals surface area contributed by atoms with Gasteiger partial charge in [-0.05, 0) is 29.8 Å². The van der Waals surface area contributed by atoms with Crippen LogP contribution < -0.4 is 19.3 Å². The molecule has 0 aliphatic carbocycles. The van der Waals surface area contributed by atoms with Gasteiger partial charge < -0.3 is 24.3 Å². The lowest BCUT2D eigenvalue weighted by molar-refractivity contribution is -0.147. The molecule has 0 radical (unpaired) electrons. The second kappa shape index (κ2) is 11.7. The number of esters is 1. The second-order valence-electron chi connectivity index (χ2n) is 10.1. The fraction of sp³-hybridized carbons (Fsp3) is 0.345. The predicted molar refractivity (Wildman–Crippen MR) is 160 cm³/mol. The average molecular weight is 579 g/mol. The van der Waals surface area contributed by atoms with E-state index in [0.717, 1.165) is 48.3 Å². The largest absolute Gasteiger partial charge is 0.494 e. The van der Waals surface area contributed by atoms with Gasteiger partial charge in [-0.25, -0.2) is 13.4 Å². The van der Waals surface area contributed by atoms with Crippen LogP contribution in [-0.4, -0.2) is 68.5 Å². The Balaban J connectivity index is 1.35. The van der Waals surface area contributed by atoms with Crippen LogP contribution in [0.2, 0.25) is 0 Å². The Morgan fingerprint density at radius 3 is 2.61 bits per heavy atom. The molecule has 0 amide bonds. The molecule has 0 saturated carbocycles. The first-order valence-corrected chi connectivity index (χ1v) is 15.2. The minimum Gasteiger partial charge on any atom is -0.494 e. The van der Waals surface area contributed by atoms with E-state index in [4.69, 9.17) is 14.5 Å². The number of hydrogen-bond donors (Lipinski definition) is 1. The van der Waals surface area contributed by atoms with Crippen molar-refractivity contribution in [3.63, 3.8) is 0 Å². The minimum atomic E-state index is -3.41. The summed E-state index contributed by atoms with van der Waals surface area (Å²) in [6, 6.07) is 15.3. The van der Waals surface area contributed by atoms with Crippen molar-refractivity contribution in [2.75, 3.05) is 48.0 Å². The molecule has 2 aromatic carbocycles. The normalized spacial score (nSPS) is 14.2. The predicted octanol–water partition coefficient (Wildman–Crippen LogP) is 4.16. The van der Waals surface area contributed by atoms with Crippen molar-refractivity contribution >= 4 is 50.0 Å². The number of para-hydroxylation sites is 1. The van der Waals surface area contributed by atoms with Gasteiger partial charge in [-0.3, -0.25) is 9.10 Å². The molecule has 11 nitrogen and oxygen atoms in total. The maximum Gasteiger partial charge on any atom is 0.302 e. The molecule has 0 atom stereocenters. The Morgan fingerprint density at radius 2 is 1.90 bits per heavy atom. The molecule has 1 saturated heterocycles. The van der Waals surface area contributed by atoms with E-state index in [1.54, 1.807) is 26.4 Å². The zero-order chi connectivity index (χ0) is 29.1. The first-order valence-electron chi connectivity index (χ1n) is 13.3. The Labute approximate surface area is 239 Å². The van der Waals surface area contributed by atoms with Crippen LogP contribution in [-0.2, 0) is 26.1 Å². The van der Waals surface area contributed by atoms with Crippen molar-refractivity contribution in [2.24, 2.45) is 0 Å². The van der Waals surface area contributed by atoms with Gasteiger partial charge in [0.2, 0.25) is 16.0 Å². The van der Waals surface area contributed by atoms with Crippen LogP contribution in [0.25, 0.3) is 11.0 Å². The van der Waals surface area contributed by atoms with Gasteiger partial charge in [-0.15, -0.1) is 0 Å². The highest BCUT2D eigenvalue weighted by atomic mass is 32.2. The molecule has 1 aliphatic heterocycles. The number of piperidine rings is 1. The number of ether oxygens (including phenoxy) is 2. The van der Waals surface area contributed by atoms with Crippen LogP contribution in [0, 0.1) is 0 Å². The number of hydrogen-bond acceptors (Lipinski definition) is 9. The Morgan fingerprint density at radius 1 is 1.15 bits per heavy atom. The molecule has 2 aromatic heterocycles. The number of nitrogens with one attached hydrogen (secondary N) is 1. The Kier molecular flexibility index (Phi) is 8.02. The second-order valence-corrected chi connectivity index (χ2v) is 12.1. The number of rotatable bonds is 9. The van der Waals surface area contributed by atoms with E-state index in [2.05, 4.69) is 15.2 Å². The highest BCUT2D eigenvalue weighted by Gasteiger charge is 2.22. The van der Waals surface area contributed by atoms with Gasteiger partial charge in [-0.2, -0.15) is 4.98 Å². The summed E-state index contributed by atoms with van der Waals surface area (Å²) in [6.45, 7) is 3.45. The first kappa shape index (κ1) is 28.2. The maximum absolute atomic E-state index is 12.2. The third-order valence-electron chi connectivity index (χ3n) is 7.24. The van der Waals surface area contributed by atoms with Gasteiger partial charge in [0.1, 0.15) is 17.5 Å². The van der Waals surface area contributed by atoms with Crippen LogP contribution >= 0.6 is 0 Å². The molecule has 1 N–H and O–H groups in total. The van der Waals surface area contributed by atoms with Crippen LogP contribution in [0.15, 0.2) is 60.9 Å². The van der Waals surface area contributed by atoms with E-state index in [1.807, 2.05) is 53.2 Å². The van der Waals surface area contributed by atoms with Gasteiger partial charge in [0.25, 0.3) is 0 Å². The molecule has 3 heterocycles. The zero-order valence-corrected chi connectivity index (χ0v) is 24.4. The number of methoxy groups -OCH3 is 1. The molecule has 1 aliphatic rings. The number of carbonyl (C=O) groups excluding carboxylic acids is 1. The lowest BCUT2D eigenvalue weighted by atomic mass is 10.1. The molecule has 4 aromatic rings. The molecule has 1 fully saturated rings. The molecular formula is C29H34N6O5S. The van der Waals surface area contributed by atoms with Crippen molar-refractivity contribution in [1.29, 1.82) is 0 Å². The summed E-state index contributed by atoms with van der Waals surface area (Å²) in [5.41, 5.74) is 3.93. The van der Waals surface area contributed by atoms with Gasteiger partial charge in [0.05, 0.1) is 31.3 Å². The van der Waals surface area contributed by atoms with Crippen molar-refractivity contribution < 1.29 is 22.7 Å². The summed E-state index contributed by atoms with van der Waals surface area (Å²) < 4.78 is 38.7. The summed E-state index contributed by atoms with van der Waals surface area (Å²) in [6.07, 6.45) is 6.39. The summed E-state index contributed by atoms with van der Waals surface area (Å²) in [7, 11) is -0.236. The van der Waals surface area contributed by atoms with Crippen molar-refractivity contribution in [1.82, 2.24) is 14.5 Å². The highest BCUT2D eigenvalue weighted by Crippen LogP contribution is 2.33.